The van der Waals surface area contributed by atoms with E-state index in [1.807, 2.05) is 0 Å². The van der Waals surface area contributed by atoms with Crippen LogP contribution in [0, 0.1) is 0 Å². The van der Waals surface area contributed by atoms with Crippen molar-refractivity contribution in [2.45, 2.75) is 37.1 Å². The number of aliphatic carboxylic acids is 2. The van der Waals surface area contributed by atoms with Crippen LogP contribution in [-0.2, 0) is 19.1 Å². The van der Waals surface area contributed by atoms with Crippen molar-refractivity contribution in [2.24, 2.45) is 0 Å². The highest BCUT2D eigenvalue weighted by Gasteiger charge is 2.48. The number of fused-ring (bicyclic) bond motifs is 1. The predicted octanol–water partition coefficient (Wildman–Crippen LogP) is -0.915. The van der Waals surface area contributed by atoms with Gasteiger partial charge in [-0.1, -0.05) is 0 Å². The number of aliphatic hydroxyl groups is 2. The molecule has 0 amide bonds. The zero-order chi connectivity index (χ0) is 21.5. The van der Waals surface area contributed by atoms with E-state index in [2.05, 4.69) is 20.3 Å². The van der Waals surface area contributed by atoms with Gasteiger partial charge in [-0.3, -0.25) is 4.57 Å². The molecule has 2 aromatic heterocycles. The smallest absolute Gasteiger partial charge is 0.347 e. The van der Waals surface area contributed by atoms with Crippen molar-refractivity contribution >= 4 is 40.5 Å². The lowest BCUT2D eigenvalue weighted by atomic mass is 10.1. The Hall–Kier alpha value is -2.58. The highest BCUT2D eigenvalue weighted by Crippen LogP contribution is 2.33. The number of aromatic nitrogens is 4. The van der Waals surface area contributed by atoms with E-state index in [-0.39, 0.29) is 10.9 Å². The minimum absolute atomic E-state index is 0.0878. The SMILES string of the molecule is CNc1nc(Cl)nc2c1ncn2[C@@H]1O[C@H](COC(C)(C(=O)O)C(=O)O)[C@H](O)[C@H]1O. The Balaban J connectivity index is 1.85. The molecule has 0 spiro atoms. The monoisotopic (exact) mass is 431 g/mol. The van der Waals surface area contributed by atoms with Gasteiger partial charge in [0.2, 0.25) is 5.28 Å². The molecule has 29 heavy (non-hydrogen) atoms. The van der Waals surface area contributed by atoms with Crippen molar-refractivity contribution in [1.82, 2.24) is 19.5 Å². The fourth-order valence-corrected chi connectivity index (χ4v) is 2.98. The molecule has 0 unspecified atom stereocenters. The molecular formula is C15H18ClN5O8. The summed E-state index contributed by atoms with van der Waals surface area (Å²) in [6.45, 7) is 0.252. The topological polar surface area (TPSA) is 189 Å². The summed E-state index contributed by atoms with van der Waals surface area (Å²) in [4.78, 5) is 34.6. The predicted molar refractivity (Wildman–Crippen MR) is 95.4 cm³/mol. The van der Waals surface area contributed by atoms with E-state index in [1.54, 1.807) is 7.05 Å². The van der Waals surface area contributed by atoms with Gasteiger partial charge in [0, 0.05) is 7.05 Å². The van der Waals surface area contributed by atoms with Gasteiger partial charge in [0.1, 0.15) is 18.3 Å². The molecule has 0 aromatic carbocycles. The number of halogens is 1. The summed E-state index contributed by atoms with van der Waals surface area (Å²) >= 11 is 5.90. The lowest BCUT2D eigenvalue weighted by molar-refractivity contribution is -0.187. The number of carboxylic acid groups (broad SMARTS) is 2. The van der Waals surface area contributed by atoms with E-state index >= 15 is 0 Å². The Kier molecular flexibility index (Phi) is 5.60. The largest absolute Gasteiger partial charge is 0.479 e. The second kappa shape index (κ2) is 7.68. The molecule has 1 aliphatic rings. The fraction of sp³-hybridized carbons (Fsp3) is 0.533. The second-order valence-electron chi connectivity index (χ2n) is 6.42. The van der Waals surface area contributed by atoms with Crippen LogP contribution in [0.4, 0.5) is 5.82 Å². The zero-order valence-electron chi connectivity index (χ0n) is 15.2. The molecule has 3 rings (SSSR count). The summed E-state index contributed by atoms with van der Waals surface area (Å²) in [5.74, 6) is -3.10. The van der Waals surface area contributed by atoms with Crippen LogP contribution in [-0.4, -0.2) is 89.5 Å². The molecule has 158 valence electrons. The van der Waals surface area contributed by atoms with E-state index in [0.717, 1.165) is 6.92 Å². The molecule has 13 nitrogen and oxygen atoms in total. The van der Waals surface area contributed by atoms with Crippen LogP contribution in [0.3, 0.4) is 0 Å². The van der Waals surface area contributed by atoms with Gasteiger partial charge in [0.15, 0.2) is 23.2 Å². The van der Waals surface area contributed by atoms with Gasteiger partial charge in [-0.15, -0.1) is 0 Å². The minimum Gasteiger partial charge on any atom is -0.479 e. The maximum atomic E-state index is 11.2. The minimum atomic E-state index is -2.55. The number of nitrogens with zero attached hydrogens (tertiary/aromatic N) is 4. The van der Waals surface area contributed by atoms with Gasteiger partial charge in [-0.2, -0.15) is 9.97 Å². The molecule has 4 atom stereocenters. The number of hydrogen-bond acceptors (Lipinski definition) is 10. The summed E-state index contributed by atoms with van der Waals surface area (Å²) in [5, 5.41) is 41.6. The van der Waals surface area contributed by atoms with Crippen molar-refractivity contribution in [3.8, 4) is 0 Å². The third-order valence-corrected chi connectivity index (χ3v) is 4.76. The first-order valence-corrected chi connectivity index (χ1v) is 8.68. The average molecular weight is 432 g/mol. The van der Waals surface area contributed by atoms with Crippen molar-refractivity contribution in [2.75, 3.05) is 19.0 Å². The molecular weight excluding hydrogens is 414 g/mol. The molecule has 0 aliphatic carbocycles. The van der Waals surface area contributed by atoms with Crippen LogP contribution in [0.15, 0.2) is 6.33 Å². The van der Waals surface area contributed by atoms with Crippen LogP contribution in [0.2, 0.25) is 5.28 Å². The molecule has 1 saturated heterocycles. The molecule has 1 aliphatic heterocycles. The van der Waals surface area contributed by atoms with E-state index in [0.29, 0.717) is 11.3 Å². The molecule has 1 fully saturated rings. The highest BCUT2D eigenvalue weighted by molar-refractivity contribution is 6.28. The Labute approximate surface area is 167 Å². The van der Waals surface area contributed by atoms with Crippen molar-refractivity contribution in [3.63, 3.8) is 0 Å². The number of anilines is 1. The van der Waals surface area contributed by atoms with Crippen molar-refractivity contribution in [1.29, 1.82) is 0 Å². The Morgan fingerprint density at radius 3 is 2.55 bits per heavy atom. The van der Waals surface area contributed by atoms with Crippen LogP contribution in [0.25, 0.3) is 11.2 Å². The van der Waals surface area contributed by atoms with E-state index < -0.39 is 48.7 Å². The summed E-state index contributed by atoms with van der Waals surface area (Å²) in [6.07, 6.45) is -4.04. The lowest BCUT2D eigenvalue weighted by Crippen LogP contribution is -2.48. The van der Waals surface area contributed by atoms with E-state index in [4.69, 9.17) is 31.3 Å². The molecule has 5 N–H and O–H groups in total. The van der Waals surface area contributed by atoms with E-state index in [9.17, 15) is 19.8 Å². The number of ether oxygens (including phenoxy) is 2. The summed E-state index contributed by atoms with van der Waals surface area (Å²) in [6, 6.07) is 0. The maximum absolute atomic E-state index is 11.2. The fourth-order valence-electron chi connectivity index (χ4n) is 2.81. The van der Waals surface area contributed by atoms with Gasteiger partial charge in [-0.05, 0) is 18.5 Å². The third kappa shape index (κ3) is 3.58. The van der Waals surface area contributed by atoms with Gasteiger partial charge in [0.05, 0.1) is 12.9 Å². The maximum Gasteiger partial charge on any atom is 0.347 e. The number of aliphatic hydroxyl groups excluding tert-OH is 2. The summed E-state index contributed by atoms with van der Waals surface area (Å²) < 4.78 is 11.9. The Morgan fingerprint density at radius 1 is 1.31 bits per heavy atom. The number of carboxylic acids is 2. The number of carbonyl (C=O) groups is 2. The average Bonchev–Trinajstić information content (AvgIpc) is 3.20. The van der Waals surface area contributed by atoms with E-state index in [1.165, 1.54) is 10.9 Å². The Morgan fingerprint density at radius 2 is 1.97 bits per heavy atom. The Bertz CT molecular complexity index is 938. The van der Waals surface area contributed by atoms with Crippen LogP contribution < -0.4 is 5.32 Å². The third-order valence-electron chi connectivity index (χ3n) is 4.59. The highest BCUT2D eigenvalue weighted by atomic mass is 35.5. The molecule has 0 radical (unpaired) electrons. The number of rotatable bonds is 7. The van der Waals surface area contributed by atoms with Gasteiger partial charge < -0.3 is 35.2 Å². The standard InChI is InChI=1S/C15H18ClN5O8/c1-15(12(24)25,13(26)27)28-3-5-7(22)8(23)11(29-5)21-4-18-6-9(17-2)19-14(16)20-10(6)21/h4-5,7-8,11,22-23H,3H2,1-2H3,(H,24,25)(H,26,27)(H,17,19,20)/t5-,7+,8-,11-/m1/s1. The lowest BCUT2D eigenvalue weighted by Gasteiger charge is -2.23. The van der Waals surface area contributed by atoms with Crippen LogP contribution in [0.5, 0.6) is 0 Å². The van der Waals surface area contributed by atoms with Gasteiger partial charge >= 0.3 is 11.9 Å². The first-order chi connectivity index (χ1) is 13.6. The molecule has 2 aromatic rings. The number of imidazole rings is 1. The van der Waals surface area contributed by atoms with Crippen molar-refractivity contribution in [3.05, 3.63) is 11.6 Å². The molecule has 3 heterocycles. The summed E-state index contributed by atoms with van der Waals surface area (Å²) in [7, 11) is 1.61. The van der Waals surface area contributed by atoms with Gasteiger partial charge in [0.25, 0.3) is 5.60 Å². The normalized spacial score (nSPS) is 24.7. The first kappa shape index (κ1) is 21.1. The quantitative estimate of drug-likeness (QED) is 0.268. The molecule has 0 saturated carbocycles. The van der Waals surface area contributed by atoms with Gasteiger partial charge in [-0.25, -0.2) is 14.6 Å². The van der Waals surface area contributed by atoms with Crippen LogP contribution in [0.1, 0.15) is 13.2 Å². The molecule has 14 heteroatoms. The zero-order valence-corrected chi connectivity index (χ0v) is 15.9. The number of nitrogens with one attached hydrogen (secondary N) is 1. The van der Waals surface area contributed by atoms with Crippen LogP contribution >= 0.6 is 11.6 Å². The van der Waals surface area contributed by atoms with Crippen molar-refractivity contribution < 1.29 is 39.5 Å². The summed E-state index contributed by atoms with van der Waals surface area (Å²) in [5.41, 5.74) is -1.99. The molecule has 0 bridgehead atoms. The second-order valence-corrected chi connectivity index (χ2v) is 6.75. The first-order valence-electron chi connectivity index (χ1n) is 8.30. The number of hydrogen-bond donors (Lipinski definition) is 5.